The van der Waals surface area contributed by atoms with E-state index in [9.17, 15) is 35.9 Å². The molecule has 1 aliphatic carbocycles. The van der Waals surface area contributed by atoms with Crippen LogP contribution in [0.3, 0.4) is 0 Å². The Kier molecular flexibility index (Phi) is 8.62. The maximum Gasteiger partial charge on any atom is 0.416 e. The molecule has 0 saturated carbocycles. The van der Waals surface area contributed by atoms with Gasteiger partial charge in [0, 0.05) is 38.0 Å². The van der Waals surface area contributed by atoms with Gasteiger partial charge in [0.15, 0.2) is 0 Å². The monoisotopic (exact) mass is 621 g/mol. The van der Waals surface area contributed by atoms with Crippen molar-refractivity contribution < 1.29 is 40.7 Å². The summed E-state index contributed by atoms with van der Waals surface area (Å²) in [6.07, 6.45) is -5.44. The van der Waals surface area contributed by atoms with Crippen molar-refractivity contribution in [2.75, 3.05) is 33.3 Å². The lowest BCUT2D eigenvalue weighted by Crippen LogP contribution is -2.51. The fourth-order valence-corrected chi connectivity index (χ4v) is 5.58. The second-order valence-electron chi connectivity index (χ2n) is 10.6. The van der Waals surface area contributed by atoms with Crippen LogP contribution >= 0.6 is 0 Å². The molecule has 2 aliphatic rings. The van der Waals surface area contributed by atoms with Gasteiger partial charge >= 0.3 is 18.4 Å². The minimum absolute atomic E-state index is 0.0387. The number of halogens is 6. The Morgan fingerprint density at radius 1 is 1.09 bits per heavy atom. The fourth-order valence-electron chi connectivity index (χ4n) is 5.58. The zero-order chi connectivity index (χ0) is 31.6. The van der Waals surface area contributed by atoms with E-state index in [1.54, 1.807) is 37.5 Å². The van der Waals surface area contributed by atoms with E-state index in [0.717, 1.165) is 23.2 Å². The number of carbonyl (C=O) groups is 2. The molecule has 2 heterocycles. The predicted octanol–water partition coefficient (Wildman–Crippen LogP) is 5.48. The van der Waals surface area contributed by atoms with Crippen molar-refractivity contribution in [3.8, 4) is 5.75 Å². The van der Waals surface area contributed by atoms with Gasteiger partial charge in [-0.25, -0.2) is 9.78 Å². The first kappa shape index (κ1) is 31.0. The van der Waals surface area contributed by atoms with Gasteiger partial charge in [0.25, 0.3) is 0 Å². The zero-order valence-corrected chi connectivity index (χ0v) is 23.5. The van der Waals surface area contributed by atoms with E-state index in [0.29, 0.717) is 34.7 Å². The number of imidazole rings is 1. The number of carbonyl (C=O) groups excluding carboxylic acids is 2. The summed E-state index contributed by atoms with van der Waals surface area (Å²) in [7, 11) is 1.55. The van der Waals surface area contributed by atoms with E-state index < -0.39 is 42.3 Å². The second kappa shape index (κ2) is 12.2. The Labute approximate surface area is 248 Å². The maximum atomic E-state index is 13.4. The van der Waals surface area contributed by atoms with Gasteiger partial charge in [-0.2, -0.15) is 26.3 Å². The standard InChI is InChI=1S/C30H29F6N5O3/c1-44-19-5-8-24-25(14-19)40-26(39-24)9-11-37-27(42)22-7-6-20(17-3-2-4-18(13-17)30(34,35)36)21-10-12-41(15-23(21)22)28(43)38-16-29(31,32)33/h2-8,13-14,22-23H,9-12,15-16H2,1H3,(H,37,42)(H,38,43)(H,39,40). The Balaban J connectivity index is 1.34. The SMILES string of the molecule is COc1ccc2nc(CCNC(=O)C3C=CC(c4cccc(C(F)(F)F)c4)=C4CCN(C(=O)NCC(F)(F)F)CC43)[nH]c2c1. The molecule has 234 valence electrons. The normalized spacial score (nSPS) is 18.8. The molecule has 2 atom stereocenters. The molecule has 8 nitrogen and oxygen atoms in total. The highest BCUT2D eigenvalue weighted by Gasteiger charge is 2.39. The topological polar surface area (TPSA) is 99.3 Å². The quantitative estimate of drug-likeness (QED) is 0.304. The van der Waals surface area contributed by atoms with Gasteiger partial charge in [0.05, 0.1) is 29.6 Å². The Bertz CT molecular complexity index is 1610. The summed E-state index contributed by atoms with van der Waals surface area (Å²) in [4.78, 5) is 34.9. The summed E-state index contributed by atoms with van der Waals surface area (Å²) in [6, 6.07) is 9.25. The highest BCUT2D eigenvalue weighted by atomic mass is 19.4. The first-order chi connectivity index (χ1) is 20.8. The molecule has 0 spiro atoms. The number of likely N-dealkylation sites (tertiary alicyclic amines) is 1. The molecule has 1 saturated heterocycles. The fraction of sp³-hybridized carbons (Fsp3) is 0.367. The molecule has 1 aliphatic heterocycles. The van der Waals surface area contributed by atoms with Crippen molar-refractivity contribution >= 4 is 28.5 Å². The van der Waals surface area contributed by atoms with Gasteiger partial charge in [-0.05, 0) is 41.8 Å². The molecule has 14 heteroatoms. The minimum atomic E-state index is -4.60. The molecule has 2 unspecified atom stereocenters. The number of aromatic nitrogens is 2. The third-order valence-electron chi connectivity index (χ3n) is 7.70. The third-order valence-corrected chi connectivity index (χ3v) is 7.70. The number of alkyl halides is 6. The number of H-pyrrole nitrogens is 1. The summed E-state index contributed by atoms with van der Waals surface area (Å²) in [5, 5.41) is 4.71. The lowest BCUT2D eigenvalue weighted by atomic mass is 9.73. The number of rotatable bonds is 7. The summed E-state index contributed by atoms with van der Waals surface area (Å²) < 4.78 is 83.7. The van der Waals surface area contributed by atoms with Crippen LogP contribution in [0.5, 0.6) is 5.75 Å². The van der Waals surface area contributed by atoms with Crippen molar-refractivity contribution in [3.63, 3.8) is 0 Å². The third kappa shape index (κ3) is 7.00. The molecule has 3 amide bonds. The van der Waals surface area contributed by atoms with Crippen molar-refractivity contribution in [3.05, 3.63) is 77.1 Å². The number of nitrogens with zero attached hydrogens (tertiary/aromatic N) is 2. The zero-order valence-electron chi connectivity index (χ0n) is 23.5. The number of hydrogen-bond donors (Lipinski definition) is 3. The number of methoxy groups -OCH3 is 1. The summed E-state index contributed by atoms with van der Waals surface area (Å²) >= 11 is 0. The van der Waals surface area contributed by atoms with Crippen LogP contribution in [0.25, 0.3) is 16.6 Å². The molecule has 3 aromatic rings. The number of urea groups is 1. The summed E-state index contributed by atoms with van der Waals surface area (Å²) in [5.74, 6) is -0.564. The Morgan fingerprint density at radius 2 is 1.89 bits per heavy atom. The molecule has 2 aromatic carbocycles. The molecule has 1 aromatic heterocycles. The van der Waals surface area contributed by atoms with Gasteiger partial charge in [-0.15, -0.1) is 0 Å². The van der Waals surface area contributed by atoms with Crippen LogP contribution in [-0.2, 0) is 17.4 Å². The van der Waals surface area contributed by atoms with Crippen LogP contribution in [0.1, 0.15) is 23.4 Å². The van der Waals surface area contributed by atoms with Crippen LogP contribution in [-0.4, -0.2) is 66.3 Å². The minimum Gasteiger partial charge on any atom is -0.497 e. The van der Waals surface area contributed by atoms with E-state index in [-0.39, 0.29) is 32.0 Å². The highest BCUT2D eigenvalue weighted by Crippen LogP contribution is 2.41. The molecule has 0 bridgehead atoms. The Hall–Kier alpha value is -4.49. The number of piperidine rings is 1. The summed E-state index contributed by atoms with van der Waals surface area (Å²) in [6.45, 7) is -1.35. The molecule has 5 rings (SSSR count). The van der Waals surface area contributed by atoms with Gasteiger partial charge in [0.1, 0.15) is 18.1 Å². The molecular formula is C30H29F6N5O3. The van der Waals surface area contributed by atoms with E-state index in [1.807, 2.05) is 5.32 Å². The predicted molar refractivity (Wildman–Crippen MR) is 149 cm³/mol. The average molecular weight is 622 g/mol. The number of allylic oxidation sites excluding steroid dienone is 2. The lowest BCUT2D eigenvalue weighted by Gasteiger charge is -2.40. The number of ether oxygens (including phenoxy) is 1. The van der Waals surface area contributed by atoms with Crippen molar-refractivity contribution in [1.29, 1.82) is 0 Å². The largest absolute Gasteiger partial charge is 0.497 e. The molecule has 0 radical (unpaired) electrons. The van der Waals surface area contributed by atoms with E-state index >= 15 is 0 Å². The number of fused-ring (bicyclic) bond motifs is 2. The van der Waals surface area contributed by atoms with Gasteiger partial charge in [0.2, 0.25) is 5.91 Å². The van der Waals surface area contributed by atoms with Crippen molar-refractivity contribution in [2.24, 2.45) is 11.8 Å². The number of aromatic amines is 1. The molecule has 3 N–H and O–H groups in total. The van der Waals surface area contributed by atoms with Gasteiger partial charge in [-0.3, -0.25) is 4.79 Å². The first-order valence-electron chi connectivity index (χ1n) is 13.8. The average Bonchev–Trinajstić information content (AvgIpc) is 3.40. The lowest BCUT2D eigenvalue weighted by molar-refractivity contribution is -0.137. The van der Waals surface area contributed by atoms with Crippen molar-refractivity contribution in [2.45, 2.75) is 25.2 Å². The van der Waals surface area contributed by atoms with Crippen molar-refractivity contribution in [1.82, 2.24) is 25.5 Å². The number of nitrogens with one attached hydrogen (secondary N) is 3. The number of amides is 3. The van der Waals surface area contributed by atoms with Gasteiger partial charge < -0.3 is 25.3 Å². The number of hydrogen-bond acceptors (Lipinski definition) is 4. The van der Waals surface area contributed by atoms with E-state index in [4.69, 9.17) is 4.74 Å². The maximum absolute atomic E-state index is 13.4. The van der Waals surface area contributed by atoms with Crippen LogP contribution in [0.15, 0.2) is 60.2 Å². The smallest absolute Gasteiger partial charge is 0.416 e. The van der Waals surface area contributed by atoms with Crippen LogP contribution < -0.4 is 15.4 Å². The van der Waals surface area contributed by atoms with Gasteiger partial charge in [-0.1, -0.05) is 29.9 Å². The van der Waals surface area contributed by atoms with E-state index in [2.05, 4.69) is 15.3 Å². The number of benzene rings is 2. The Morgan fingerprint density at radius 3 is 2.61 bits per heavy atom. The van der Waals surface area contributed by atoms with E-state index in [1.165, 1.54) is 17.0 Å². The molecule has 1 fully saturated rings. The molecular weight excluding hydrogens is 592 g/mol. The first-order valence-corrected chi connectivity index (χ1v) is 13.8. The molecule has 44 heavy (non-hydrogen) atoms. The van der Waals surface area contributed by atoms with Crippen LogP contribution in [0.4, 0.5) is 31.1 Å². The highest BCUT2D eigenvalue weighted by molar-refractivity contribution is 5.87. The van der Waals surface area contributed by atoms with Crippen LogP contribution in [0, 0.1) is 11.8 Å². The van der Waals surface area contributed by atoms with Crippen LogP contribution in [0.2, 0.25) is 0 Å². The summed E-state index contributed by atoms with van der Waals surface area (Å²) in [5.41, 5.74) is 2.12. The second-order valence-corrected chi connectivity index (χ2v) is 10.6.